The van der Waals surface area contributed by atoms with E-state index in [1.807, 2.05) is 0 Å². The Morgan fingerprint density at radius 3 is 2.67 bits per heavy atom. The van der Waals surface area contributed by atoms with Gasteiger partial charge in [-0.25, -0.2) is 4.39 Å². The fourth-order valence-electron chi connectivity index (χ4n) is 1.84. The van der Waals surface area contributed by atoms with Gasteiger partial charge in [0.1, 0.15) is 5.82 Å². The summed E-state index contributed by atoms with van der Waals surface area (Å²) in [5.74, 6) is -0.422. The van der Waals surface area contributed by atoms with Crippen molar-refractivity contribution in [3.63, 3.8) is 0 Å². The van der Waals surface area contributed by atoms with Gasteiger partial charge in [0.15, 0.2) is 11.5 Å². The normalized spacial score (nSPS) is 10.2. The van der Waals surface area contributed by atoms with Crippen LogP contribution in [0, 0.1) is 15.9 Å². The molecule has 0 unspecified atom stereocenters. The molecular formula is C16H14FNO5S. The molecule has 0 fully saturated rings. The number of carbonyl (C=O) groups excluding carboxylic acids is 1. The van der Waals surface area contributed by atoms with Crippen LogP contribution in [0.2, 0.25) is 0 Å². The Labute approximate surface area is 141 Å². The SMILES string of the molecule is COc1ccc([N+](=O)[O-])cc1OC(=O)CCSc1ccccc1F. The quantitative estimate of drug-likeness (QED) is 0.248. The molecule has 126 valence electrons. The summed E-state index contributed by atoms with van der Waals surface area (Å²) in [6.07, 6.45) is 0.0187. The van der Waals surface area contributed by atoms with Gasteiger partial charge in [-0.15, -0.1) is 11.8 Å². The first-order valence-electron chi connectivity index (χ1n) is 6.91. The average Bonchev–Trinajstić information content (AvgIpc) is 2.56. The zero-order chi connectivity index (χ0) is 17.5. The largest absolute Gasteiger partial charge is 0.493 e. The molecule has 2 aromatic rings. The number of nitro groups is 1. The van der Waals surface area contributed by atoms with E-state index in [0.717, 1.165) is 6.07 Å². The van der Waals surface area contributed by atoms with Gasteiger partial charge in [-0.2, -0.15) is 0 Å². The minimum absolute atomic E-state index is 0.0187. The number of nitrogens with zero attached hydrogens (tertiary/aromatic N) is 1. The lowest BCUT2D eigenvalue weighted by Crippen LogP contribution is -2.10. The van der Waals surface area contributed by atoms with Crippen LogP contribution in [0.3, 0.4) is 0 Å². The Bertz CT molecular complexity index is 753. The Balaban J connectivity index is 1.95. The van der Waals surface area contributed by atoms with Gasteiger partial charge in [0.2, 0.25) is 0 Å². The third-order valence-corrected chi connectivity index (χ3v) is 4.03. The van der Waals surface area contributed by atoms with Crippen molar-refractivity contribution in [1.29, 1.82) is 0 Å². The van der Waals surface area contributed by atoms with Crippen molar-refractivity contribution in [3.8, 4) is 11.5 Å². The molecule has 8 heteroatoms. The summed E-state index contributed by atoms with van der Waals surface area (Å²) in [5.41, 5.74) is -0.209. The molecule has 0 spiro atoms. The van der Waals surface area contributed by atoms with Gasteiger partial charge in [0, 0.05) is 16.7 Å². The maximum Gasteiger partial charge on any atom is 0.312 e. The number of carbonyl (C=O) groups is 1. The highest BCUT2D eigenvalue weighted by Gasteiger charge is 2.15. The summed E-state index contributed by atoms with van der Waals surface area (Å²) in [6, 6.07) is 9.99. The van der Waals surface area contributed by atoms with Crippen LogP contribution in [0.4, 0.5) is 10.1 Å². The van der Waals surface area contributed by atoms with Crippen LogP contribution in [0.1, 0.15) is 6.42 Å². The van der Waals surface area contributed by atoms with E-state index in [1.54, 1.807) is 18.2 Å². The summed E-state index contributed by atoms with van der Waals surface area (Å²) in [7, 11) is 1.37. The molecule has 0 atom stereocenters. The van der Waals surface area contributed by atoms with Crippen molar-refractivity contribution in [2.45, 2.75) is 11.3 Å². The highest BCUT2D eigenvalue weighted by atomic mass is 32.2. The van der Waals surface area contributed by atoms with Gasteiger partial charge in [-0.05, 0) is 18.2 Å². The molecule has 0 aliphatic heterocycles. The highest BCUT2D eigenvalue weighted by molar-refractivity contribution is 7.99. The van der Waals surface area contributed by atoms with E-state index in [4.69, 9.17) is 9.47 Å². The maximum absolute atomic E-state index is 13.5. The zero-order valence-corrected chi connectivity index (χ0v) is 13.5. The molecule has 0 amide bonds. The van der Waals surface area contributed by atoms with Gasteiger partial charge >= 0.3 is 5.97 Å². The molecule has 0 bridgehead atoms. The van der Waals surface area contributed by atoms with Crippen molar-refractivity contribution in [3.05, 3.63) is 58.4 Å². The van der Waals surface area contributed by atoms with Crippen LogP contribution in [0.25, 0.3) is 0 Å². The van der Waals surface area contributed by atoms with Gasteiger partial charge in [-0.3, -0.25) is 14.9 Å². The molecule has 0 saturated carbocycles. The van der Waals surface area contributed by atoms with Gasteiger partial charge in [-0.1, -0.05) is 12.1 Å². The van der Waals surface area contributed by atoms with Crippen LogP contribution in [0.15, 0.2) is 47.4 Å². The lowest BCUT2D eigenvalue weighted by atomic mass is 10.3. The molecule has 24 heavy (non-hydrogen) atoms. The Morgan fingerprint density at radius 2 is 2.00 bits per heavy atom. The minimum Gasteiger partial charge on any atom is -0.493 e. The molecular weight excluding hydrogens is 337 g/mol. The number of non-ortho nitro benzene ring substituents is 1. The van der Waals surface area contributed by atoms with E-state index in [-0.39, 0.29) is 29.4 Å². The number of nitro benzene ring substituents is 1. The number of halogens is 1. The van der Waals surface area contributed by atoms with Crippen molar-refractivity contribution in [2.24, 2.45) is 0 Å². The molecule has 2 aromatic carbocycles. The molecule has 0 saturated heterocycles. The monoisotopic (exact) mass is 351 g/mol. The average molecular weight is 351 g/mol. The summed E-state index contributed by atoms with van der Waals surface area (Å²) in [5, 5.41) is 10.8. The van der Waals surface area contributed by atoms with Crippen molar-refractivity contribution in [2.75, 3.05) is 12.9 Å². The number of benzene rings is 2. The lowest BCUT2D eigenvalue weighted by molar-refractivity contribution is -0.384. The van der Waals surface area contributed by atoms with Crippen LogP contribution in [-0.2, 0) is 4.79 Å². The van der Waals surface area contributed by atoms with E-state index >= 15 is 0 Å². The summed E-state index contributed by atoms with van der Waals surface area (Å²) in [6.45, 7) is 0. The van der Waals surface area contributed by atoms with Gasteiger partial charge < -0.3 is 9.47 Å². The zero-order valence-electron chi connectivity index (χ0n) is 12.7. The number of methoxy groups -OCH3 is 1. The fourth-order valence-corrected chi connectivity index (χ4v) is 2.71. The third kappa shape index (κ3) is 4.69. The first-order valence-corrected chi connectivity index (χ1v) is 7.90. The topological polar surface area (TPSA) is 78.7 Å². The Kier molecular flexibility index (Phi) is 6.14. The second kappa shape index (κ2) is 8.30. The number of ether oxygens (including phenoxy) is 2. The van der Waals surface area contributed by atoms with E-state index in [1.165, 1.54) is 37.1 Å². The maximum atomic E-state index is 13.5. The predicted octanol–water partition coefficient (Wildman–Crippen LogP) is 3.83. The number of thioether (sulfide) groups is 1. The van der Waals surface area contributed by atoms with E-state index < -0.39 is 10.9 Å². The van der Waals surface area contributed by atoms with Crippen LogP contribution in [0.5, 0.6) is 11.5 Å². The van der Waals surface area contributed by atoms with E-state index in [2.05, 4.69) is 0 Å². The van der Waals surface area contributed by atoms with Gasteiger partial charge in [0.05, 0.1) is 24.5 Å². The van der Waals surface area contributed by atoms with Crippen molar-refractivity contribution >= 4 is 23.4 Å². The molecule has 0 radical (unpaired) electrons. The third-order valence-electron chi connectivity index (χ3n) is 2.98. The second-order valence-corrected chi connectivity index (χ2v) is 5.73. The molecule has 2 rings (SSSR count). The standard InChI is InChI=1S/C16H14FNO5S/c1-22-13-7-6-11(18(20)21)10-14(13)23-16(19)8-9-24-15-5-3-2-4-12(15)17/h2-7,10H,8-9H2,1H3. The molecule has 0 aromatic heterocycles. The van der Waals surface area contributed by atoms with E-state index in [0.29, 0.717) is 10.6 Å². The fraction of sp³-hybridized carbons (Fsp3) is 0.188. The number of hydrogen-bond acceptors (Lipinski definition) is 6. The number of esters is 1. The Hall–Kier alpha value is -2.61. The number of hydrogen-bond donors (Lipinski definition) is 0. The highest BCUT2D eigenvalue weighted by Crippen LogP contribution is 2.31. The van der Waals surface area contributed by atoms with Crippen LogP contribution >= 0.6 is 11.8 Å². The van der Waals surface area contributed by atoms with Crippen LogP contribution < -0.4 is 9.47 Å². The molecule has 0 aliphatic rings. The number of rotatable bonds is 7. The van der Waals surface area contributed by atoms with E-state index in [9.17, 15) is 19.3 Å². The van der Waals surface area contributed by atoms with Crippen LogP contribution in [-0.4, -0.2) is 23.8 Å². The smallest absolute Gasteiger partial charge is 0.312 e. The summed E-state index contributed by atoms with van der Waals surface area (Å²) < 4.78 is 23.6. The lowest BCUT2D eigenvalue weighted by Gasteiger charge is -2.09. The van der Waals surface area contributed by atoms with Crippen molar-refractivity contribution < 1.29 is 23.6 Å². The van der Waals surface area contributed by atoms with Gasteiger partial charge in [0.25, 0.3) is 5.69 Å². The predicted molar refractivity (Wildman–Crippen MR) is 87.0 cm³/mol. The molecule has 0 heterocycles. The molecule has 6 nitrogen and oxygen atoms in total. The molecule has 0 aliphatic carbocycles. The molecule has 0 N–H and O–H groups in total. The summed E-state index contributed by atoms with van der Waals surface area (Å²) in [4.78, 5) is 22.5. The minimum atomic E-state index is -0.592. The first-order chi connectivity index (χ1) is 11.5. The summed E-state index contributed by atoms with van der Waals surface area (Å²) >= 11 is 1.19. The second-order valence-electron chi connectivity index (χ2n) is 4.60. The first kappa shape index (κ1) is 17.7. The van der Waals surface area contributed by atoms with Crippen molar-refractivity contribution in [1.82, 2.24) is 0 Å². The Morgan fingerprint density at radius 1 is 1.25 bits per heavy atom.